The van der Waals surface area contributed by atoms with Crippen LogP contribution in [0.25, 0.3) is 0 Å². The second kappa shape index (κ2) is 7.30. The lowest BCUT2D eigenvalue weighted by Gasteiger charge is -2.32. The summed E-state index contributed by atoms with van der Waals surface area (Å²) in [7, 11) is 0. The van der Waals surface area contributed by atoms with Crippen molar-refractivity contribution in [3.05, 3.63) is 101 Å². The third-order valence-corrected chi connectivity index (χ3v) is 5.01. The zero-order valence-electron chi connectivity index (χ0n) is 14.1. The van der Waals surface area contributed by atoms with E-state index in [-0.39, 0.29) is 6.17 Å². The molecule has 3 aromatic carbocycles. The minimum Gasteiger partial charge on any atom is -0.350 e. The summed E-state index contributed by atoms with van der Waals surface area (Å²) in [6.07, 6.45) is 0.222. The van der Waals surface area contributed by atoms with Crippen LogP contribution in [0.4, 0.5) is 5.69 Å². The van der Waals surface area contributed by atoms with Crippen molar-refractivity contribution in [3.63, 3.8) is 0 Å². The number of para-hydroxylation sites is 1. The van der Waals surface area contributed by atoms with Crippen LogP contribution in [0.2, 0.25) is 5.02 Å². The molecular weight excluding hydrogens is 328 g/mol. The summed E-state index contributed by atoms with van der Waals surface area (Å²) in [6, 6.07) is 29.6. The Balaban J connectivity index is 1.67. The largest absolute Gasteiger partial charge is 0.350 e. The van der Waals surface area contributed by atoms with E-state index in [4.69, 9.17) is 11.6 Å². The molecular formula is C22H21ClN2. The Hall–Kier alpha value is -2.29. The van der Waals surface area contributed by atoms with Crippen molar-refractivity contribution in [1.29, 1.82) is 0 Å². The fourth-order valence-corrected chi connectivity index (χ4v) is 3.70. The van der Waals surface area contributed by atoms with E-state index >= 15 is 0 Å². The van der Waals surface area contributed by atoms with E-state index in [0.29, 0.717) is 0 Å². The second-order valence-corrected chi connectivity index (χ2v) is 6.85. The monoisotopic (exact) mass is 348 g/mol. The highest BCUT2D eigenvalue weighted by atomic mass is 35.5. The van der Waals surface area contributed by atoms with Crippen LogP contribution in [0.3, 0.4) is 0 Å². The van der Waals surface area contributed by atoms with Crippen LogP contribution in [-0.2, 0) is 6.54 Å². The Labute approximate surface area is 154 Å². The molecule has 1 unspecified atom stereocenters. The summed E-state index contributed by atoms with van der Waals surface area (Å²) in [5, 5.41) is 0.780. The summed E-state index contributed by atoms with van der Waals surface area (Å²) in [5.41, 5.74) is 3.89. The number of benzene rings is 3. The van der Waals surface area contributed by atoms with E-state index in [1.54, 1.807) is 0 Å². The number of hydrogen-bond acceptors (Lipinski definition) is 2. The first-order valence-corrected chi connectivity index (χ1v) is 9.04. The van der Waals surface area contributed by atoms with Gasteiger partial charge in [-0.1, -0.05) is 72.3 Å². The van der Waals surface area contributed by atoms with Gasteiger partial charge in [-0.3, -0.25) is 4.90 Å². The van der Waals surface area contributed by atoms with Crippen LogP contribution in [0.5, 0.6) is 0 Å². The van der Waals surface area contributed by atoms with Gasteiger partial charge in [-0.05, 0) is 35.4 Å². The van der Waals surface area contributed by atoms with Crippen LogP contribution in [0, 0.1) is 0 Å². The van der Waals surface area contributed by atoms with Gasteiger partial charge in [0, 0.05) is 30.3 Å². The Morgan fingerprint density at radius 3 is 2.08 bits per heavy atom. The molecule has 1 heterocycles. The number of hydrogen-bond donors (Lipinski definition) is 0. The third-order valence-electron chi connectivity index (χ3n) is 4.75. The smallest absolute Gasteiger partial charge is 0.109 e. The molecule has 0 amide bonds. The summed E-state index contributed by atoms with van der Waals surface area (Å²) >= 11 is 6.11. The number of anilines is 1. The first-order valence-electron chi connectivity index (χ1n) is 8.66. The molecule has 2 nitrogen and oxygen atoms in total. The van der Waals surface area contributed by atoms with Crippen LogP contribution in [-0.4, -0.2) is 18.0 Å². The van der Waals surface area contributed by atoms with Crippen molar-refractivity contribution < 1.29 is 0 Å². The van der Waals surface area contributed by atoms with E-state index in [1.165, 1.54) is 16.8 Å². The van der Waals surface area contributed by atoms with Gasteiger partial charge in [0.25, 0.3) is 0 Å². The maximum absolute atomic E-state index is 6.11. The molecule has 3 aromatic rings. The molecule has 1 aliphatic heterocycles. The standard InChI is InChI=1S/C22H21ClN2/c23-20-13-11-19(12-14-20)22-24(17-18-7-3-1-4-8-18)15-16-25(22)21-9-5-2-6-10-21/h1-14,22H,15-17H2. The van der Waals surface area contributed by atoms with Gasteiger partial charge in [-0.25, -0.2) is 0 Å². The molecule has 3 heteroatoms. The lowest BCUT2D eigenvalue weighted by molar-refractivity contribution is 0.250. The topological polar surface area (TPSA) is 6.48 Å². The maximum atomic E-state index is 6.11. The van der Waals surface area contributed by atoms with Crippen LogP contribution >= 0.6 is 11.6 Å². The van der Waals surface area contributed by atoms with E-state index in [0.717, 1.165) is 24.7 Å². The van der Waals surface area contributed by atoms with E-state index in [1.807, 2.05) is 12.1 Å². The van der Waals surface area contributed by atoms with Crippen LogP contribution in [0.1, 0.15) is 17.3 Å². The van der Waals surface area contributed by atoms with Crippen molar-refractivity contribution in [3.8, 4) is 0 Å². The fraction of sp³-hybridized carbons (Fsp3) is 0.182. The van der Waals surface area contributed by atoms with Gasteiger partial charge in [0.05, 0.1) is 0 Å². The molecule has 25 heavy (non-hydrogen) atoms. The minimum absolute atomic E-state index is 0.222. The molecule has 0 bridgehead atoms. The third kappa shape index (κ3) is 3.55. The molecule has 4 rings (SSSR count). The van der Waals surface area contributed by atoms with Crippen LogP contribution in [0.15, 0.2) is 84.9 Å². The van der Waals surface area contributed by atoms with Gasteiger partial charge in [0.15, 0.2) is 0 Å². The maximum Gasteiger partial charge on any atom is 0.109 e. The molecule has 1 fully saturated rings. The van der Waals surface area contributed by atoms with Crippen molar-refractivity contribution in [1.82, 2.24) is 4.90 Å². The Morgan fingerprint density at radius 2 is 1.40 bits per heavy atom. The average molecular weight is 349 g/mol. The van der Waals surface area contributed by atoms with Gasteiger partial charge in [0.2, 0.25) is 0 Å². The first-order chi connectivity index (χ1) is 12.3. The zero-order chi connectivity index (χ0) is 17.1. The predicted octanol–water partition coefficient (Wildman–Crippen LogP) is 5.36. The van der Waals surface area contributed by atoms with Crippen molar-refractivity contribution in [2.75, 3.05) is 18.0 Å². The minimum atomic E-state index is 0.222. The molecule has 0 N–H and O–H groups in total. The normalized spacial score (nSPS) is 17.8. The molecule has 1 saturated heterocycles. The Bertz CT molecular complexity index is 802. The number of halogens is 1. The predicted molar refractivity (Wildman–Crippen MR) is 105 cm³/mol. The SMILES string of the molecule is Clc1ccc(C2N(Cc3ccccc3)CCN2c2ccccc2)cc1. The summed E-state index contributed by atoms with van der Waals surface area (Å²) in [5.74, 6) is 0. The van der Waals surface area contributed by atoms with Crippen molar-refractivity contribution in [2.24, 2.45) is 0 Å². The fourth-order valence-electron chi connectivity index (χ4n) is 3.58. The zero-order valence-corrected chi connectivity index (χ0v) is 14.8. The van der Waals surface area contributed by atoms with Gasteiger partial charge in [-0.2, -0.15) is 0 Å². The highest BCUT2D eigenvalue weighted by molar-refractivity contribution is 6.30. The first kappa shape index (κ1) is 16.2. The van der Waals surface area contributed by atoms with E-state index in [2.05, 4.69) is 82.6 Å². The Morgan fingerprint density at radius 1 is 0.760 bits per heavy atom. The molecule has 0 radical (unpaired) electrons. The molecule has 0 aliphatic carbocycles. The van der Waals surface area contributed by atoms with Crippen molar-refractivity contribution in [2.45, 2.75) is 12.7 Å². The van der Waals surface area contributed by atoms with Crippen LogP contribution < -0.4 is 4.90 Å². The lowest BCUT2D eigenvalue weighted by atomic mass is 10.1. The molecule has 0 aromatic heterocycles. The molecule has 0 saturated carbocycles. The average Bonchev–Trinajstić information content (AvgIpc) is 3.07. The van der Waals surface area contributed by atoms with E-state index in [9.17, 15) is 0 Å². The molecule has 1 aliphatic rings. The number of rotatable bonds is 4. The molecule has 0 spiro atoms. The second-order valence-electron chi connectivity index (χ2n) is 6.41. The van der Waals surface area contributed by atoms with Gasteiger partial charge >= 0.3 is 0 Å². The Kier molecular flexibility index (Phi) is 4.73. The summed E-state index contributed by atoms with van der Waals surface area (Å²) < 4.78 is 0. The lowest BCUT2D eigenvalue weighted by Crippen LogP contribution is -2.30. The van der Waals surface area contributed by atoms with Gasteiger partial charge in [0.1, 0.15) is 6.17 Å². The van der Waals surface area contributed by atoms with Gasteiger partial charge in [-0.15, -0.1) is 0 Å². The highest BCUT2D eigenvalue weighted by Gasteiger charge is 2.33. The van der Waals surface area contributed by atoms with Gasteiger partial charge < -0.3 is 4.90 Å². The van der Waals surface area contributed by atoms with E-state index < -0.39 is 0 Å². The summed E-state index contributed by atoms with van der Waals surface area (Å²) in [6.45, 7) is 3.00. The quantitative estimate of drug-likeness (QED) is 0.626. The highest BCUT2D eigenvalue weighted by Crippen LogP contribution is 2.35. The number of nitrogens with zero attached hydrogens (tertiary/aromatic N) is 2. The molecule has 1 atom stereocenters. The molecule has 126 valence electrons. The van der Waals surface area contributed by atoms with Crippen molar-refractivity contribution >= 4 is 17.3 Å². The summed E-state index contributed by atoms with van der Waals surface area (Å²) in [4.78, 5) is 5.01.